The quantitative estimate of drug-likeness (QED) is 0.845. The largest absolute Gasteiger partial charge is 0.396 e. The smallest absolute Gasteiger partial charge is 0.271 e. The number of carbonyl (C=O) groups excluding carboxylic acids is 1. The molecule has 2 aromatic rings. The van der Waals surface area contributed by atoms with Gasteiger partial charge in [-0.2, -0.15) is 0 Å². The lowest BCUT2D eigenvalue weighted by atomic mass is 9.83. The number of carbonyl (C=O) groups is 1. The molecule has 0 aliphatic heterocycles. The number of pyridine rings is 1. The lowest BCUT2D eigenvalue weighted by molar-refractivity contribution is 0.0847. The van der Waals surface area contributed by atoms with E-state index in [1.807, 2.05) is 42.6 Å². The summed E-state index contributed by atoms with van der Waals surface area (Å²) in [5.41, 5.74) is 0.904. The van der Waals surface area contributed by atoms with Crippen molar-refractivity contribution in [3.05, 3.63) is 36.3 Å². The second-order valence-corrected chi connectivity index (χ2v) is 5.14. The second kappa shape index (κ2) is 6.05. The number of aliphatic hydroxyl groups excluding tert-OH is 1. The Bertz CT molecular complexity index is 546. The molecule has 108 valence electrons. The number of imidazole rings is 1. The lowest BCUT2D eigenvalue weighted by Crippen LogP contribution is -2.39. The number of nitrogens with one attached hydrogen (secondary N) is 1. The first kappa shape index (κ1) is 14.5. The average molecular weight is 275 g/mol. The number of fused-ring (bicyclic) bond motifs is 1. The van der Waals surface area contributed by atoms with Crippen molar-refractivity contribution in [1.82, 2.24) is 14.7 Å². The molecular formula is C15H21N3O2. The molecule has 0 saturated carbocycles. The molecular weight excluding hydrogens is 254 g/mol. The summed E-state index contributed by atoms with van der Waals surface area (Å²) in [4.78, 5) is 16.4. The maximum Gasteiger partial charge on any atom is 0.271 e. The van der Waals surface area contributed by atoms with E-state index >= 15 is 0 Å². The SMILES string of the molecule is CCC(CC)(CO)CNC(=O)c1cn2ccccc2n1. The van der Waals surface area contributed by atoms with E-state index in [2.05, 4.69) is 10.3 Å². The highest BCUT2D eigenvalue weighted by molar-refractivity contribution is 5.92. The van der Waals surface area contributed by atoms with Crippen molar-refractivity contribution in [1.29, 1.82) is 0 Å². The van der Waals surface area contributed by atoms with Crippen LogP contribution in [0.1, 0.15) is 37.2 Å². The third kappa shape index (κ3) is 2.82. The highest BCUT2D eigenvalue weighted by Crippen LogP contribution is 2.24. The molecule has 0 saturated heterocycles. The Labute approximate surface area is 118 Å². The number of aliphatic hydroxyl groups is 1. The maximum absolute atomic E-state index is 12.1. The molecule has 5 nitrogen and oxygen atoms in total. The normalized spacial score (nSPS) is 11.8. The zero-order valence-electron chi connectivity index (χ0n) is 12.0. The summed E-state index contributed by atoms with van der Waals surface area (Å²) in [6, 6.07) is 5.63. The van der Waals surface area contributed by atoms with Crippen LogP contribution >= 0.6 is 0 Å². The van der Waals surface area contributed by atoms with Crippen LogP contribution in [0, 0.1) is 5.41 Å². The number of hydrogen-bond acceptors (Lipinski definition) is 3. The standard InChI is InChI=1S/C15H21N3O2/c1-3-15(4-2,11-19)10-16-14(20)12-9-18-8-6-5-7-13(18)17-12/h5-9,19H,3-4,10-11H2,1-2H3,(H,16,20). The third-order valence-corrected chi connectivity index (χ3v) is 4.06. The predicted octanol–water partition coefficient (Wildman–Crippen LogP) is 1.86. The molecule has 1 amide bonds. The molecule has 0 aromatic carbocycles. The molecule has 0 bridgehead atoms. The van der Waals surface area contributed by atoms with Crippen LogP contribution < -0.4 is 5.32 Å². The molecule has 0 radical (unpaired) electrons. The van der Waals surface area contributed by atoms with Gasteiger partial charge >= 0.3 is 0 Å². The number of amides is 1. The van der Waals surface area contributed by atoms with Gasteiger partial charge in [0.25, 0.3) is 5.91 Å². The molecule has 0 unspecified atom stereocenters. The van der Waals surface area contributed by atoms with Gasteiger partial charge < -0.3 is 14.8 Å². The molecule has 0 fully saturated rings. The van der Waals surface area contributed by atoms with E-state index in [1.54, 1.807) is 6.20 Å². The van der Waals surface area contributed by atoms with Crippen LogP contribution in [0.3, 0.4) is 0 Å². The molecule has 20 heavy (non-hydrogen) atoms. The van der Waals surface area contributed by atoms with E-state index in [0.29, 0.717) is 12.2 Å². The Morgan fingerprint density at radius 3 is 2.75 bits per heavy atom. The zero-order chi connectivity index (χ0) is 14.6. The van der Waals surface area contributed by atoms with E-state index in [-0.39, 0.29) is 17.9 Å². The minimum atomic E-state index is -0.241. The maximum atomic E-state index is 12.1. The number of rotatable bonds is 6. The van der Waals surface area contributed by atoms with E-state index < -0.39 is 0 Å². The minimum Gasteiger partial charge on any atom is -0.396 e. The van der Waals surface area contributed by atoms with Crippen molar-refractivity contribution in [3.8, 4) is 0 Å². The molecule has 2 rings (SSSR count). The van der Waals surface area contributed by atoms with Crippen molar-refractivity contribution in [2.45, 2.75) is 26.7 Å². The number of nitrogens with zero attached hydrogens (tertiary/aromatic N) is 2. The van der Waals surface area contributed by atoms with Gasteiger partial charge in [0, 0.05) is 24.4 Å². The monoisotopic (exact) mass is 275 g/mol. The molecule has 0 aliphatic carbocycles. The summed E-state index contributed by atoms with van der Waals surface area (Å²) in [6.07, 6.45) is 5.22. The number of hydrogen-bond donors (Lipinski definition) is 2. The topological polar surface area (TPSA) is 66.6 Å². The highest BCUT2D eigenvalue weighted by Gasteiger charge is 2.26. The fourth-order valence-electron chi connectivity index (χ4n) is 2.18. The van der Waals surface area contributed by atoms with Crippen LogP contribution in [0.5, 0.6) is 0 Å². The zero-order valence-corrected chi connectivity index (χ0v) is 12.0. The van der Waals surface area contributed by atoms with Gasteiger partial charge in [-0.3, -0.25) is 4.79 Å². The Hall–Kier alpha value is -1.88. The van der Waals surface area contributed by atoms with E-state index in [9.17, 15) is 9.90 Å². The van der Waals surface area contributed by atoms with Crippen molar-refractivity contribution in [2.24, 2.45) is 5.41 Å². The summed E-state index contributed by atoms with van der Waals surface area (Å²) in [5.74, 6) is -0.201. The second-order valence-electron chi connectivity index (χ2n) is 5.14. The Kier molecular flexibility index (Phi) is 4.39. The summed E-state index contributed by atoms with van der Waals surface area (Å²) in [5, 5.41) is 12.4. The molecule has 2 heterocycles. The van der Waals surface area contributed by atoms with Crippen LogP contribution in [0.2, 0.25) is 0 Å². The van der Waals surface area contributed by atoms with Crippen molar-refractivity contribution < 1.29 is 9.90 Å². The fraction of sp³-hybridized carbons (Fsp3) is 0.467. The van der Waals surface area contributed by atoms with Crippen LogP contribution in [0.25, 0.3) is 5.65 Å². The van der Waals surface area contributed by atoms with Crippen molar-refractivity contribution in [3.63, 3.8) is 0 Å². The van der Waals surface area contributed by atoms with Gasteiger partial charge in [0.1, 0.15) is 11.3 Å². The first-order valence-electron chi connectivity index (χ1n) is 6.97. The van der Waals surface area contributed by atoms with Crippen molar-refractivity contribution >= 4 is 11.6 Å². The Morgan fingerprint density at radius 2 is 2.15 bits per heavy atom. The molecule has 0 aliphatic rings. The van der Waals surface area contributed by atoms with Crippen LogP contribution in [-0.4, -0.2) is 33.6 Å². The van der Waals surface area contributed by atoms with Crippen LogP contribution in [0.15, 0.2) is 30.6 Å². The fourth-order valence-corrected chi connectivity index (χ4v) is 2.18. The van der Waals surface area contributed by atoms with Gasteiger partial charge in [0.05, 0.1) is 6.61 Å². The van der Waals surface area contributed by atoms with Gasteiger partial charge in [-0.05, 0) is 25.0 Å². The summed E-state index contributed by atoms with van der Waals surface area (Å²) in [6.45, 7) is 4.59. The molecule has 2 aromatic heterocycles. The summed E-state index contributed by atoms with van der Waals surface area (Å²) < 4.78 is 1.81. The first-order valence-corrected chi connectivity index (χ1v) is 6.97. The van der Waals surface area contributed by atoms with Gasteiger partial charge in [0.2, 0.25) is 0 Å². The van der Waals surface area contributed by atoms with Gasteiger partial charge in [-0.1, -0.05) is 19.9 Å². The molecule has 5 heteroatoms. The van der Waals surface area contributed by atoms with Crippen molar-refractivity contribution in [2.75, 3.05) is 13.2 Å². The Balaban J connectivity index is 2.08. The number of aromatic nitrogens is 2. The summed E-state index contributed by atoms with van der Waals surface area (Å²) in [7, 11) is 0. The predicted molar refractivity (Wildman–Crippen MR) is 77.6 cm³/mol. The summed E-state index contributed by atoms with van der Waals surface area (Å²) >= 11 is 0. The molecule has 0 atom stereocenters. The van der Waals surface area contributed by atoms with Gasteiger partial charge in [0.15, 0.2) is 0 Å². The average Bonchev–Trinajstić information content (AvgIpc) is 2.93. The van der Waals surface area contributed by atoms with E-state index in [0.717, 1.165) is 18.5 Å². The lowest BCUT2D eigenvalue weighted by Gasteiger charge is -2.29. The molecule has 0 spiro atoms. The third-order valence-electron chi connectivity index (χ3n) is 4.06. The van der Waals surface area contributed by atoms with E-state index in [1.165, 1.54) is 0 Å². The van der Waals surface area contributed by atoms with Crippen LogP contribution in [0.4, 0.5) is 0 Å². The van der Waals surface area contributed by atoms with E-state index in [4.69, 9.17) is 0 Å². The van der Waals surface area contributed by atoms with Gasteiger partial charge in [-0.15, -0.1) is 0 Å². The molecule has 2 N–H and O–H groups in total. The Morgan fingerprint density at radius 1 is 1.40 bits per heavy atom. The van der Waals surface area contributed by atoms with Gasteiger partial charge in [-0.25, -0.2) is 4.98 Å². The minimum absolute atomic E-state index is 0.0748. The van der Waals surface area contributed by atoms with Crippen LogP contribution in [-0.2, 0) is 0 Å². The highest BCUT2D eigenvalue weighted by atomic mass is 16.3. The first-order chi connectivity index (χ1) is 9.64.